The van der Waals surface area contributed by atoms with E-state index in [9.17, 15) is 14.9 Å². The number of nitrogens with two attached hydrogens (primary N) is 1. The summed E-state index contributed by atoms with van der Waals surface area (Å²) in [6.45, 7) is 4.83. The smallest absolute Gasteiger partial charge is 0.318 e. The minimum absolute atomic E-state index is 0.0224. The Kier molecular flexibility index (Phi) is 7.82. The van der Waals surface area contributed by atoms with E-state index in [0.717, 1.165) is 36.9 Å². The Morgan fingerprint density at radius 1 is 1.30 bits per heavy atom. The van der Waals surface area contributed by atoms with E-state index in [1.165, 1.54) is 24.5 Å². The third-order valence-electron chi connectivity index (χ3n) is 6.75. The molecule has 0 saturated carbocycles. The molecule has 1 aromatic carbocycles. The summed E-state index contributed by atoms with van der Waals surface area (Å²) in [6, 6.07) is 4.55. The molecule has 0 spiro atoms. The Morgan fingerprint density at radius 2 is 2.00 bits per heavy atom. The fourth-order valence-corrected chi connectivity index (χ4v) is 4.75. The predicted molar refractivity (Wildman–Crippen MR) is 138 cm³/mol. The molecule has 0 bridgehead atoms. The van der Waals surface area contributed by atoms with Gasteiger partial charge in [0.05, 0.1) is 22.8 Å². The van der Waals surface area contributed by atoms with E-state index in [-0.39, 0.29) is 35.9 Å². The van der Waals surface area contributed by atoms with E-state index >= 15 is 0 Å². The second kappa shape index (κ2) is 11.2. The normalized spacial score (nSPS) is 13.8. The molecule has 1 amide bonds. The molecule has 0 aliphatic carbocycles. The van der Waals surface area contributed by atoms with Crippen molar-refractivity contribution in [2.24, 2.45) is 11.7 Å². The molecule has 2 aromatic heterocycles. The minimum Gasteiger partial charge on any atom is -0.487 e. The van der Waals surface area contributed by atoms with E-state index in [1.807, 2.05) is 19.9 Å². The summed E-state index contributed by atoms with van der Waals surface area (Å²) >= 11 is 0. The number of nitro benzene ring substituents is 1. The molecule has 190 valence electrons. The Labute approximate surface area is 214 Å². The van der Waals surface area contributed by atoms with Crippen molar-refractivity contribution < 1.29 is 14.5 Å². The average molecular weight is 501 g/mol. The van der Waals surface area contributed by atoms with Crippen molar-refractivity contribution in [2.45, 2.75) is 52.3 Å². The molecule has 4 rings (SSSR count). The molecule has 1 saturated heterocycles. The first-order valence-corrected chi connectivity index (χ1v) is 12.3. The van der Waals surface area contributed by atoms with Gasteiger partial charge in [0.15, 0.2) is 11.6 Å². The molecule has 11 nitrogen and oxygen atoms in total. The van der Waals surface area contributed by atoms with E-state index < -0.39 is 10.8 Å². The van der Waals surface area contributed by atoms with Gasteiger partial charge in [0.2, 0.25) is 5.91 Å². The highest BCUT2D eigenvalue weighted by Crippen LogP contribution is 2.39. The average Bonchev–Trinajstić information content (AvgIpc) is 3.29. The van der Waals surface area contributed by atoms with Gasteiger partial charge in [0.1, 0.15) is 5.69 Å². The monoisotopic (exact) mass is 501 g/mol. The molecule has 37 heavy (non-hydrogen) atoms. The second-order valence-corrected chi connectivity index (χ2v) is 9.26. The Balaban J connectivity index is 1.62. The predicted octanol–water partition coefficient (Wildman–Crippen LogP) is 4.08. The largest absolute Gasteiger partial charge is 0.487 e. The van der Waals surface area contributed by atoms with E-state index in [0.29, 0.717) is 30.3 Å². The highest BCUT2D eigenvalue weighted by molar-refractivity contribution is 6.67. The van der Waals surface area contributed by atoms with Gasteiger partial charge >= 0.3 is 5.69 Å². The summed E-state index contributed by atoms with van der Waals surface area (Å²) in [6.07, 6.45) is 7.24. The number of aryl methyl sites for hydroxylation is 2. The lowest BCUT2D eigenvalue weighted by molar-refractivity contribution is -0.385. The molecule has 0 unspecified atom stereocenters. The quantitative estimate of drug-likeness (QED) is 0.260. The zero-order valence-electron chi connectivity index (χ0n) is 20.9. The highest BCUT2D eigenvalue weighted by atomic mass is 16.6. The van der Waals surface area contributed by atoms with Gasteiger partial charge in [-0.1, -0.05) is 25.5 Å². The number of ether oxygens (including phenoxy) is 1. The first-order valence-electron chi connectivity index (χ1n) is 12.3. The number of carbonyl (C=O) groups is 1. The third kappa shape index (κ3) is 5.77. The van der Waals surface area contributed by atoms with Crippen LogP contribution in [0.25, 0.3) is 22.6 Å². The number of carbonyl (C=O) groups excluding carboxylic acids is 1. The van der Waals surface area contributed by atoms with Crippen molar-refractivity contribution in [2.75, 3.05) is 6.61 Å². The van der Waals surface area contributed by atoms with Crippen molar-refractivity contribution >= 4 is 18.3 Å². The third-order valence-corrected chi connectivity index (χ3v) is 6.75. The van der Waals surface area contributed by atoms with E-state index in [2.05, 4.69) is 21.0 Å². The van der Waals surface area contributed by atoms with Crippen LogP contribution >= 0.6 is 0 Å². The van der Waals surface area contributed by atoms with Crippen LogP contribution in [0, 0.1) is 34.2 Å². The Hall–Kier alpha value is -4.27. The summed E-state index contributed by atoms with van der Waals surface area (Å²) in [5.41, 5.74) is 7.42. The van der Waals surface area contributed by atoms with Gasteiger partial charge in [-0.05, 0) is 38.3 Å². The van der Waals surface area contributed by atoms with Gasteiger partial charge in [0, 0.05) is 42.1 Å². The van der Waals surface area contributed by atoms with Gasteiger partial charge in [-0.15, -0.1) is 0 Å². The second-order valence-electron chi connectivity index (χ2n) is 9.26. The molecule has 12 heteroatoms. The van der Waals surface area contributed by atoms with E-state index in [4.69, 9.17) is 15.7 Å². The summed E-state index contributed by atoms with van der Waals surface area (Å²) in [5.74, 6) is 2.40. The van der Waals surface area contributed by atoms with Crippen LogP contribution in [0.3, 0.4) is 0 Å². The summed E-state index contributed by atoms with van der Waals surface area (Å²) in [4.78, 5) is 32.5. The molecule has 3 heterocycles. The van der Waals surface area contributed by atoms with Gasteiger partial charge in [-0.3, -0.25) is 19.6 Å². The van der Waals surface area contributed by atoms with Crippen molar-refractivity contribution in [1.82, 2.24) is 19.7 Å². The number of aromatic nitrogens is 4. The maximum atomic E-state index is 12.1. The van der Waals surface area contributed by atoms with Crippen LogP contribution in [0.2, 0.25) is 12.6 Å². The topological polar surface area (TPSA) is 163 Å². The number of rotatable bonds is 9. The number of hydrogen-bond donors (Lipinski definition) is 1. The van der Waals surface area contributed by atoms with Crippen LogP contribution in [0.5, 0.6) is 5.75 Å². The fourth-order valence-electron chi connectivity index (χ4n) is 4.75. The molecule has 1 aliphatic heterocycles. The number of nitrogens with zero attached hydrogens (tertiary/aromatic N) is 6. The highest BCUT2D eigenvalue weighted by Gasteiger charge is 2.27. The van der Waals surface area contributed by atoms with Crippen LogP contribution in [0.1, 0.15) is 42.2 Å². The zero-order valence-corrected chi connectivity index (χ0v) is 20.9. The minimum atomic E-state index is -0.726. The Morgan fingerprint density at radius 3 is 2.59 bits per heavy atom. The maximum Gasteiger partial charge on any atom is 0.318 e. The van der Waals surface area contributed by atoms with Gasteiger partial charge < -0.3 is 10.5 Å². The van der Waals surface area contributed by atoms with Crippen LogP contribution < -0.4 is 10.5 Å². The van der Waals surface area contributed by atoms with E-state index in [1.54, 1.807) is 4.68 Å². The standard InChI is InChI=1S/C25H28BN7O4/c1-3-32-21(10-16(2)31-32)25-29-13-19(14-30-25)20-11-18(24(28)34)12-22(23(20)33(35)36)37-9-6-17-4-7-26(15-27)8-5-17/h10-14,17H,3-9H2,1-2H3,(H2,28,34). The Bertz CT molecular complexity index is 1340. The van der Waals surface area contributed by atoms with Crippen molar-refractivity contribution in [3.63, 3.8) is 0 Å². The van der Waals surface area contributed by atoms with Crippen LogP contribution in [0.4, 0.5) is 5.69 Å². The lowest BCUT2D eigenvalue weighted by Gasteiger charge is -2.23. The number of amides is 1. The van der Waals surface area contributed by atoms with Crippen molar-refractivity contribution in [1.29, 1.82) is 5.26 Å². The molecular weight excluding hydrogens is 473 g/mol. The zero-order chi connectivity index (χ0) is 26.5. The van der Waals surface area contributed by atoms with Gasteiger partial charge in [0.25, 0.3) is 6.71 Å². The lowest BCUT2D eigenvalue weighted by Crippen LogP contribution is -2.21. The number of nitriles is 1. The molecule has 2 N–H and O–H groups in total. The van der Waals surface area contributed by atoms with Crippen molar-refractivity contribution in [3.8, 4) is 34.4 Å². The van der Waals surface area contributed by atoms with Crippen molar-refractivity contribution in [3.05, 3.63) is 52.0 Å². The SMILES string of the molecule is CCn1nc(C)cc1-c1ncc(-c2cc(C(N)=O)cc(OCCC3CCB(C#N)CC3)c2[N+](=O)[O-])cn1. The molecule has 0 radical (unpaired) electrons. The lowest BCUT2D eigenvalue weighted by atomic mass is 9.41. The number of nitro groups is 1. The molecular formula is C25H28BN7O4. The maximum absolute atomic E-state index is 12.1. The summed E-state index contributed by atoms with van der Waals surface area (Å²) < 4.78 is 7.64. The summed E-state index contributed by atoms with van der Waals surface area (Å²) in [5, 5.41) is 25.6. The van der Waals surface area contributed by atoms with Gasteiger partial charge in [-0.25, -0.2) is 15.2 Å². The number of benzene rings is 1. The first-order chi connectivity index (χ1) is 17.8. The number of hydrogen-bond acceptors (Lipinski definition) is 8. The van der Waals surface area contributed by atoms with Gasteiger partial charge in [-0.2, -0.15) is 5.10 Å². The molecule has 3 aromatic rings. The molecule has 0 atom stereocenters. The molecule has 1 fully saturated rings. The fraction of sp³-hybridized carbons (Fsp3) is 0.400. The van der Waals surface area contributed by atoms with Crippen LogP contribution in [-0.2, 0) is 6.54 Å². The first kappa shape index (κ1) is 25.8. The molecule has 1 aliphatic rings. The van der Waals surface area contributed by atoms with Crippen LogP contribution in [-0.4, -0.2) is 43.9 Å². The van der Waals surface area contributed by atoms with Crippen LogP contribution in [0.15, 0.2) is 30.6 Å². The summed E-state index contributed by atoms with van der Waals surface area (Å²) in [7, 11) is 0. The number of primary amides is 1.